The fraction of sp³-hybridized carbons (Fsp3) is 0.471. The number of β-amino-alcohol motifs (C(OH)–C–C–N with tert-alkyl or cyclic N) is 1. The van der Waals surface area contributed by atoms with Gasteiger partial charge in [-0.3, -0.25) is 4.79 Å². The van der Waals surface area contributed by atoms with Crippen molar-refractivity contribution in [3.8, 4) is 0 Å². The Morgan fingerprint density at radius 1 is 1.50 bits per heavy atom. The second-order valence-corrected chi connectivity index (χ2v) is 6.42. The van der Waals surface area contributed by atoms with Gasteiger partial charge in [-0.05, 0) is 31.9 Å². The number of amides is 1. The standard InChI is InChI=1S/C17H22N4O3/c1-13-10-14(19-24-13)16(22)20(2)11-17(23)7-5-9-21(12-17)15-6-3-4-8-18-15/h3-4,6,8,10,23H,5,7,9,11-12H2,1-2H3/t17-/m1/s1. The third kappa shape index (κ3) is 3.56. The molecule has 1 atom stereocenters. The monoisotopic (exact) mass is 330 g/mol. The van der Waals surface area contributed by atoms with E-state index < -0.39 is 5.60 Å². The Bertz CT molecular complexity index is 703. The van der Waals surface area contributed by atoms with Crippen molar-refractivity contribution < 1.29 is 14.4 Å². The molecule has 0 radical (unpaired) electrons. The minimum Gasteiger partial charge on any atom is -0.386 e. The minimum atomic E-state index is -0.973. The Kier molecular flexibility index (Phi) is 4.53. The van der Waals surface area contributed by atoms with Crippen molar-refractivity contribution in [1.82, 2.24) is 15.0 Å². The van der Waals surface area contributed by atoms with E-state index in [1.165, 1.54) is 4.90 Å². The molecule has 3 rings (SSSR count). The van der Waals surface area contributed by atoms with Crippen LogP contribution in [-0.2, 0) is 0 Å². The van der Waals surface area contributed by atoms with Gasteiger partial charge in [0.25, 0.3) is 5.91 Å². The molecule has 1 aliphatic rings. The van der Waals surface area contributed by atoms with Gasteiger partial charge in [0.15, 0.2) is 5.69 Å². The molecule has 1 aliphatic heterocycles. The summed E-state index contributed by atoms with van der Waals surface area (Å²) in [5, 5.41) is 14.7. The van der Waals surface area contributed by atoms with Crippen LogP contribution in [0.25, 0.3) is 0 Å². The molecule has 7 nitrogen and oxygen atoms in total. The molecule has 24 heavy (non-hydrogen) atoms. The quantitative estimate of drug-likeness (QED) is 0.914. The highest BCUT2D eigenvalue weighted by Gasteiger charge is 2.36. The number of carbonyl (C=O) groups excluding carboxylic acids is 1. The second kappa shape index (κ2) is 6.60. The lowest BCUT2D eigenvalue weighted by Gasteiger charge is -2.41. The third-order valence-corrected chi connectivity index (χ3v) is 4.25. The first-order valence-corrected chi connectivity index (χ1v) is 8.04. The summed E-state index contributed by atoms with van der Waals surface area (Å²) >= 11 is 0. The molecule has 0 aromatic carbocycles. The Hall–Kier alpha value is -2.41. The van der Waals surface area contributed by atoms with E-state index >= 15 is 0 Å². The number of aromatic nitrogens is 2. The van der Waals surface area contributed by atoms with E-state index in [0.29, 0.717) is 18.7 Å². The van der Waals surface area contributed by atoms with Crippen LogP contribution in [0.15, 0.2) is 35.0 Å². The summed E-state index contributed by atoms with van der Waals surface area (Å²) in [4.78, 5) is 20.3. The van der Waals surface area contributed by atoms with Crippen LogP contribution in [0.4, 0.5) is 5.82 Å². The summed E-state index contributed by atoms with van der Waals surface area (Å²) in [7, 11) is 1.67. The van der Waals surface area contributed by atoms with E-state index in [9.17, 15) is 9.90 Å². The van der Waals surface area contributed by atoms with E-state index in [4.69, 9.17) is 4.52 Å². The van der Waals surface area contributed by atoms with Gasteiger partial charge < -0.3 is 19.4 Å². The maximum absolute atomic E-state index is 12.4. The number of anilines is 1. The van der Waals surface area contributed by atoms with E-state index in [2.05, 4.69) is 15.0 Å². The van der Waals surface area contributed by atoms with E-state index in [0.717, 1.165) is 18.8 Å². The van der Waals surface area contributed by atoms with Crippen molar-refractivity contribution in [3.05, 3.63) is 41.9 Å². The number of hydrogen-bond acceptors (Lipinski definition) is 6. The summed E-state index contributed by atoms with van der Waals surface area (Å²) in [5.41, 5.74) is -0.713. The fourth-order valence-corrected chi connectivity index (χ4v) is 3.15. The molecular formula is C17H22N4O3. The van der Waals surface area contributed by atoms with Crippen LogP contribution in [0.3, 0.4) is 0 Å². The number of rotatable bonds is 4. The molecule has 1 amide bonds. The molecule has 1 N–H and O–H groups in total. The normalized spacial score (nSPS) is 20.9. The van der Waals surface area contributed by atoms with Crippen LogP contribution in [0.2, 0.25) is 0 Å². The summed E-state index contributed by atoms with van der Waals surface area (Å²) < 4.78 is 4.95. The Balaban J connectivity index is 1.67. The summed E-state index contributed by atoms with van der Waals surface area (Å²) in [5.74, 6) is 1.18. The van der Waals surface area contributed by atoms with Gasteiger partial charge in [0.2, 0.25) is 0 Å². The first-order chi connectivity index (χ1) is 11.5. The van der Waals surface area contributed by atoms with Crippen molar-refractivity contribution in [2.24, 2.45) is 0 Å². The predicted octanol–water partition coefficient (Wildman–Crippen LogP) is 1.48. The van der Waals surface area contributed by atoms with Crippen LogP contribution in [0.5, 0.6) is 0 Å². The van der Waals surface area contributed by atoms with Gasteiger partial charge in [-0.15, -0.1) is 0 Å². The first-order valence-electron chi connectivity index (χ1n) is 8.04. The molecule has 0 spiro atoms. The number of likely N-dealkylation sites (N-methyl/N-ethyl adjacent to an activating group) is 1. The Morgan fingerprint density at radius 3 is 3.00 bits per heavy atom. The molecule has 0 saturated carbocycles. The highest BCUT2D eigenvalue weighted by Crippen LogP contribution is 2.25. The van der Waals surface area contributed by atoms with Crippen molar-refractivity contribution in [2.75, 3.05) is 31.6 Å². The van der Waals surface area contributed by atoms with Crippen LogP contribution in [-0.4, -0.2) is 58.3 Å². The maximum Gasteiger partial charge on any atom is 0.275 e. The molecule has 2 aromatic rings. The van der Waals surface area contributed by atoms with E-state index in [-0.39, 0.29) is 18.1 Å². The molecule has 0 aliphatic carbocycles. The molecule has 128 valence electrons. The largest absolute Gasteiger partial charge is 0.386 e. The number of aliphatic hydroxyl groups is 1. The number of pyridine rings is 1. The van der Waals surface area contributed by atoms with Gasteiger partial charge in [0.05, 0.1) is 12.1 Å². The smallest absolute Gasteiger partial charge is 0.275 e. The summed E-state index contributed by atoms with van der Waals surface area (Å²) in [6.45, 7) is 3.27. The van der Waals surface area contributed by atoms with Crippen molar-refractivity contribution in [3.63, 3.8) is 0 Å². The van der Waals surface area contributed by atoms with Crippen LogP contribution < -0.4 is 4.90 Å². The lowest BCUT2D eigenvalue weighted by atomic mass is 9.92. The summed E-state index contributed by atoms with van der Waals surface area (Å²) in [6, 6.07) is 7.33. The zero-order valence-electron chi connectivity index (χ0n) is 14.0. The van der Waals surface area contributed by atoms with Crippen LogP contribution >= 0.6 is 0 Å². The van der Waals surface area contributed by atoms with E-state index in [1.54, 1.807) is 26.2 Å². The molecule has 7 heteroatoms. The molecule has 1 saturated heterocycles. The summed E-state index contributed by atoms with van der Waals surface area (Å²) in [6.07, 6.45) is 3.23. The van der Waals surface area contributed by atoms with Crippen molar-refractivity contribution >= 4 is 11.7 Å². The van der Waals surface area contributed by atoms with Gasteiger partial charge in [0.1, 0.15) is 11.6 Å². The molecule has 2 aromatic heterocycles. The average Bonchev–Trinajstić information content (AvgIpc) is 3.01. The topological polar surface area (TPSA) is 82.7 Å². The van der Waals surface area contributed by atoms with Gasteiger partial charge in [-0.25, -0.2) is 4.98 Å². The highest BCUT2D eigenvalue weighted by molar-refractivity contribution is 5.92. The Morgan fingerprint density at radius 2 is 2.33 bits per heavy atom. The molecule has 1 fully saturated rings. The minimum absolute atomic E-state index is 0.237. The SMILES string of the molecule is Cc1cc(C(=O)N(C)C[C@]2(O)CCCN(c3ccccn3)C2)no1. The second-order valence-electron chi connectivity index (χ2n) is 6.42. The van der Waals surface area contributed by atoms with E-state index in [1.807, 2.05) is 18.2 Å². The molecule has 0 unspecified atom stereocenters. The van der Waals surface area contributed by atoms with Gasteiger partial charge in [-0.1, -0.05) is 11.2 Å². The zero-order valence-corrected chi connectivity index (χ0v) is 14.0. The maximum atomic E-state index is 12.4. The van der Waals surface area contributed by atoms with Crippen molar-refractivity contribution in [2.45, 2.75) is 25.4 Å². The Labute approximate surface area is 140 Å². The van der Waals surface area contributed by atoms with Gasteiger partial charge in [-0.2, -0.15) is 0 Å². The highest BCUT2D eigenvalue weighted by atomic mass is 16.5. The van der Waals surface area contributed by atoms with Crippen LogP contribution in [0, 0.1) is 6.92 Å². The molecular weight excluding hydrogens is 308 g/mol. The molecule has 3 heterocycles. The third-order valence-electron chi connectivity index (χ3n) is 4.25. The number of aryl methyl sites for hydroxylation is 1. The lowest BCUT2D eigenvalue weighted by molar-refractivity contribution is -0.000377. The van der Waals surface area contributed by atoms with Gasteiger partial charge >= 0.3 is 0 Å². The lowest BCUT2D eigenvalue weighted by Crippen LogP contribution is -2.54. The van der Waals surface area contributed by atoms with Crippen molar-refractivity contribution in [1.29, 1.82) is 0 Å². The first kappa shape index (κ1) is 16.4. The zero-order chi connectivity index (χ0) is 17.2. The number of piperidine rings is 1. The van der Waals surface area contributed by atoms with Gasteiger partial charge in [0, 0.05) is 32.4 Å². The predicted molar refractivity (Wildman–Crippen MR) is 88.8 cm³/mol. The van der Waals surface area contributed by atoms with Crippen LogP contribution in [0.1, 0.15) is 29.1 Å². The molecule has 0 bridgehead atoms. The average molecular weight is 330 g/mol. The number of nitrogens with zero attached hydrogens (tertiary/aromatic N) is 4. The number of carbonyl (C=O) groups is 1. The number of hydrogen-bond donors (Lipinski definition) is 1. The fourth-order valence-electron chi connectivity index (χ4n) is 3.15.